The van der Waals surface area contributed by atoms with Crippen molar-refractivity contribution >= 4 is 35.0 Å². The predicted molar refractivity (Wildman–Crippen MR) is 85.8 cm³/mol. The molecule has 0 unspecified atom stereocenters. The highest BCUT2D eigenvalue weighted by molar-refractivity contribution is 7.98. The van der Waals surface area contributed by atoms with Crippen molar-refractivity contribution in [2.75, 3.05) is 0 Å². The first-order chi connectivity index (χ1) is 10.2. The molecule has 0 aliphatic rings. The van der Waals surface area contributed by atoms with Gasteiger partial charge in [0.2, 0.25) is 5.89 Å². The Morgan fingerprint density at radius 1 is 0.952 bits per heavy atom. The van der Waals surface area contributed by atoms with Gasteiger partial charge in [-0.3, -0.25) is 0 Å². The van der Waals surface area contributed by atoms with Gasteiger partial charge in [0, 0.05) is 10.8 Å². The van der Waals surface area contributed by atoms with Crippen molar-refractivity contribution in [1.29, 1.82) is 0 Å². The summed E-state index contributed by atoms with van der Waals surface area (Å²) in [5.74, 6) is 1.17. The van der Waals surface area contributed by atoms with E-state index in [1.54, 1.807) is 6.07 Å². The van der Waals surface area contributed by atoms with Crippen molar-refractivity contribution in [2.24, 2.45) is 0 Å². The molecule has 0 fully saturated rings. The summed E-state index contributed by atoms with van der Waals surface area (Å²) in [6, 6.07) is 15.1. The first kappa shape index (κ1) is 14.4. The van der Waals surface area contributed by atoms with Crippen molar-refractivity contribution in [1.82, 2.24) is 10.2 Å². The number of hydrogen-bond donors (Lipinski definition) is 0. The molecule has 0 saturated carbocycles. The second-order valence-corrected chi connectivity index (χ2v) is 6.04. The second kappa shape index (κ2) is 6.52. The molecule has 6 heteroatoms. The molecule has 0 aliphatic heterocycles. The lowest BCUT2D eigenvalue weighted by Crippen LogP contribution is -1.79. The molecule has 1 aromatic heterocycles. The molecule has 3 nitrogen and oxygen atoms in total. The molecule has 0 aliphatic carbocycles. The Bertz CT molecular complexity index is 743. The smallest absolute Gasteiger partial charge is 0.277 e. The molecule has 0 bridgehead atoms. The van der Waals surface area contributed by atoms with Crippen LogP contribution in [0.3, 0.4) is 0 Å². The average molecular weight is 337 g/mol. The van der Waals surface area contributed by atoms with Crippen molar-refractivity contribution in [3.8, 4) is 11.5 Å². The van der Waals surface area contributed by atoms with Gasteiger partial charge in [-0.25, -0.2) is 0 Å². The van der Waals surface area contributed by atoms with E-state index < -0.39 is 0 Å². The first-order valence-electron chi connectivity index (χ1n) is 6.18. The minimum Gasteiger partial charge on any atom is -0.411 e. The lowest BCUT2D eigenvalue weighted by atomic mass is 10.2. The van der Waals surface area contributed by atoms with Crippen LogP contribution < -0.4 is 0 Å². The van der Waals surface area contributed by atoms with E-state index in [-0.39, 0.29) is 0 Å². The van der Waals surface area contributed by atoms with E-state index in [4.69, 9.17) is 27.6 Å². The lowest BCUT2D eigenvalue weighted by molar-refractivity contribution is 0.466. The number of rotatable bonds is 4. The quantitative estimate of drug-likeness (QED) is 0.603. The third-order valence-corrected chi connectivity index (χ3v) is 4.26. The monoisotopic (exact) mass is 336 g/mol. The number of thioether (sulfide) groups is 1. The summed E-state index contributed by atoms with van der Waals surface area (Å²) in [6.07, 6.45) is 0. The number of aromatic nitrogens is 2. The third-order valence-electron chi connectivity index (χ3n) is 2.79. The van der Waals surface area contributed by atoms with Crippen molar-refractivity contribution < 1.29 is 4.42 Å². The molecule has 2 aromatic carbocycles. The molecule has 0 amide bonds. The normalized spacial score (nSPS) is 10.8. The molecule has 3 rings (SSSR count). The highest BCUT2D eigenvalue weighted by Gasteiger charge is 2.11. The molecule has 106 valence electrons. The van der Waals surface area contributed by atoms with E-state index in [1.807, 2.05) is 42.5 Å². The number of benzene rings is 2. The van der Waals surface area contributed by atoms with Crippen LogP contribution in [0.1, 0.15) is 5.56 Å². The van der Waals surface area contributed by atoms with Crippen LogP contribution in [0.2, 0.25) is 10.0 Å². The zero-order valence-corrected chi connectivity index (χ0v) is 13.1. The maximum atomic E-state index is 6.11. The largest absolute Gasteiger partial charge is 0.411 e. The second-order valence-electron chi connectivity index (χ2n) is 4.27. The minimum absolute atomic E-state index is 0.430. The Hall–Kier alpha value is -1.49. The summed E-state index contributed by atoms with van der Waals surface area (Å²) < 4.78 is 5.63. The fourth-order valence-corrected chi connectivity index (χ4v) is 2.80. The van der Waals surface area contributed by atoms with Gasteiger partial charge in [-0.15, -0.1) is 10.2 Å². The Kier molecular flexibility index (Phi) is 4.48. The highest BCUT2D eigenvalue weighted by atomic mass is 35.5. The van der Waals surface area contributed by atoms with E-state index in [9.17, 15) is 0 Å². The molecule has 0 atom stereocenters. The Balaban J connectivity index is 1.71. The summed E-state index contributed by atoms with van der Waals surface area (Å²) >= 11 is 13.4. The lowest BCUT2D eigenvalue weighted by Gasteiger charge is -1.98. The van der Waals surface area contributed by atoms with Crippen molar-refractivity contribution in [3.63, 3.8) is 0 Å². The topological polar surface area (TPSA) is 38.9 Å². The molecule has 0 N–H and O–H groups in total. The van der Waals surface area contributed by atoms with Crippen LogP contribution in [0.15, 0.2) is 58.2 Å². The van der Waals surface area contributed by atoms with Gasteiger partial charge in [0.05, 0.1) is 10.6 Å². The van der Waals surface area contributed by atoms with Gasteiger partial charge in [-0.1, -0.05) is 59.2 Å². The van der Waals surface area contributed by atoms with Gasteiger partial charge in [-0.05, 0) is 29.8 Å². The van der Waals surface area contributed by atoms with Crippen LogP contribution in [-0.4, -0.2) is 10.2 Å². The molecule has 3 aromatic rings. The average Bonchev–Trinajstić information content (AvgIpc) is 2.96. The van der Waals surface area contributed by atoms with E-state index in [0.29, 0.717) is 16.1 Å². The van der Waals surface area contributed by atoms with E-state index in [0.717, 1.165) is 21.9 Å². The van der Waals surface area contributed by atoms with Crippen LogP contribution in [-0.2, 0) is 5.75 Å². The fourth-order valence-electron chi connectivity index (χ4n) is 1.74. The van der Waals surface area contributed by atoms with E-state index in [1.165, 1.54) is 11.8 Å². The zero-order valence-electron chi connectivity index (χ0n) is 10.8. The summed E-state index contributed by atoms with van der Waals surface area (Å²) in [6.45, 7) is 0. The van der Waals surface area contributed by atoms with Gasteiger partial charge >= 0.3 is 0 Å². The highest BCUT2D eigenvalue weighted by Crippen LogP contribution is 2.29. The summed E-state index contributed by atoms with van der Waals surface area (Å²) in [5, 5.41) is 9.89. The predicted octanol–water partition coefficient (Wildman–Crippen LogP) is 5.34. The number of hydrogen-bond acceptors (Lipinski definition) is 4. The molecule has 0 spiro atoms. The SMILES string of the molecule is Clc1ccc(CSc2nnc(-c3ccccc3Cl)o2)cc1. The molecular formula is C15H10Cl2N2OS. The van der Waals surface area contributed by atoms with Crippen molar-refractivity contribution in [2.45, 2.75) is 11.0 Å². The summed E-state index contributed by atoms with van der Waals surface area (Å²) in [4.78, 5) is 0. The van der Waals surface area contributed by atoms with E-state index in [2.05, 4.69) is 10.2 Å². The first-order valence-corrected chi connectivity index (χ1v) is 7.92. The molecule has 1 heterocycles. The van der Waals surface area contributed by atoms with Gasteiger partial charge in [0.15, 0.2) is 0 Å². The fraction of sp³-hybridized carbons (Fsp3) is 0.0667. The number of halogens is 2. The van der Waals surface area contributed by atoms with E-state index >= 15 is 0 Å². The van der Waals surface area contributed by atoms with Gasteiger partial charge < -0.3 is 4.42 Å². The van der Waals surface area contributed by atoms with Crippen LogP contribution >= 0.6 is 35.0 Å². The number of nitrogens with zero attached hydrogens (tertiary/aromatic N) is 2. The molecular weight excluding hydrogens is 327 g/mol. The maximum Gasteiger partial charge on any atom is 0.277 e. The maximum absolute atomic E-state index is 6.11. The van der Waals surface area contributed by atoms with Crippen LogP contribution in [0.4, 0.5) is 0 Å². The Labute approximate surface area is 136 Å². The van der Waals surface area contributed by atoms with Crippen LogP contribution in [0.5, 0.6) is 0 Å². The van der Waals surface area contributed by atoms with Crippen molar-refractivity contribution in [3.05, 3.63) is 64.1 Å². The Morgan fingerprint density at radius 2 is 1.71 bits per heavy atom. The Morgan fingerprint density at radius 3 is 2.48 bits per heavy atom. The zero-order chi connectivity index (χ0) is 14.7. The van der Waals surface area contributed by atoms with Gasteiger partial charge in [-0.2, -0.15) is 0 Å². The van der Waals surface area contributed by atoms with Crippen LogP contribution in [0.25, 0.3) is 11.5 Å². The minimum atomic E-state index is 0.430. The molecule has 0 radical (unpaired) electrons. The summed E-state index contributed by atoms with van der Waals surface area (Å²) in [5.41, 5.74) is 1.88. The summed E-state index contributed by atoms with van der Waals surface area (Å²) in [7, 11) is 0. The van der Waals surface area contributed by atoms with Gasteiger partial charge in [0.1, 0.15) is 0 Å². The van der Waals surface area contributed by atoms with Gasteiger partial charge in [0.25, 0.3) is 5.22 Å². The van der Waals surface area contributed by atoms with Crippen LogP contribution in [0, 0.1) is 0 Å². The molecule has 21 heavy (non-hydrogen) atoms. The standard InChI is InChI=1S/C15H10Cl2N2OS/c16-11-7-5-10(6-8-11)9-21-15-19-18-14(20-15)12-3-1-2-4-13(12)17/h1-8H,9H2. The molecule has 0 saturated heterocycles. The third kappa shape index (κ3) is 3.59.